The summed E-state index contributed by atoms with van der Waals surface area (Å²) in [7, 11) is 0. The van der Waals surface area contributed by atoms with Crippen molar-refractivity contribution in [2.75, 3.05) is 31.5 Å². The van der Waals surface area contributed by atoms with E-state index in [4.69, 9.17) is 4.98 Å². The first-order valence-corrected chi connectivity index (χ1v) is 11.9. The second-order valence-corrected chi connectivity index (χ2v) is 9.32. The van der Waals surface area contributed by atoms with Crippen LogP contribution in [0.25, 0.3) is 11.3 Å². The molecular formula is C27H35N5O. The molecule has 6 heteroatoms. The van der Waals surface area contributed by atoms with Gasteiger partial charge in [-0.1, -0.05) is 44.2 Å². The molecule has 1 unspecified atom stereocenters. The predicted octanol–water partition coefficient (Wildman–Crippen LogP) is 4.32. The number of nitrogens with zero attached hydrogens (tertiary/aromatic N) is 3. The molecule has 1 aliphatic heterocycles. The molecule has 0 radical (unpaired) electrons. The van der Waals surface area contributed by atoms with Crippen molar-refractivity contribution in [1.82, 2.24) is 20.2 Å². The minimum absolute atomic E-state index is 0.289. The van der Waals surface area contributed by atoms with Crippen LogP contribution in [-0.4, -0.2) is 52.2 Å². The molecule has 1 saturated heterocycles. The zero-order chi connectivity index (χ0) is 23.0. The van der Waals surface area contributed by atoms with E-state index in [1.807, 2.05) is 24.4 Å². The summed E-state index contributed by atoms with van der Waals surface area (Å²) in [5.74, 6) is 1.64. The van der Waals surface area contributed by atoms with Crippen LogP contribution in [0, 0.1) is 5.92 Å². The maximum atomic E-state index is 9.41. The third kappa shape index (κ3) is 7.01. The fraction of sp³-hybridized carbons (Fsp3) is 0.407. The number of aromatic hydroxyl groups is 1. The topological polar surface area (TPSA) is 73.3 Å². The number of benzene rings is 2. The van der Waals surface area contributed by atoms with Gasteiger partial charge in [-0.3, -0.25) is 4.90 Å². The monoisotopic (exact) mass is 445 g/mol. The van der Waals surface area contributed by atoms with Crippen LogP contribution in [0.2, 0.25) is 0 Å². The van der Waals surface area contributed by atoms with E-state index in [0.717, 1.165) is 56.0 Å². The molecule has 1 aliphatic rings. The van der Waals surface area contributed by atoms with Crippen LogP contribution in [0.1, 0.15) is 31.4 Å². The highest BCUT2D eigenvalue weighted by Crippen LogP contribution is 2.21. The molecular weight excluding hydrogens is 410 g/mol. The van der Waals surface area contributed by atoms with Gasteiger partial charge in [-0.15, -0.1) is 0 Å². The summed E-state index contributed by atoms with van der Waals surface area (Å²) in [5.41, 5.74) is 4.52. The second-order valence-electron chi connectivity index (χ2n) is 9.32. The van der Waals surface area contributed by atoms with Crippen molar-refractivity contribution >= 4 is 5.95 Å². The Labute approximate surface area is 197 Å². The number of anilines is 1. The Kier molecular flexibility index (Phi) is 7.92. The van der Waals surface area contributed by atoms with E-state index in [1.165, 1.54) is 12.0 Å². The molecule has 0 bridgehead atoms. The van der Waals surface area contributed by atoms with Crippen molar-refractivity contribution in [3.05, 3.63) is 71.9 Å². The van der Waals surface area contributed by atoms with Crippen LogP contribution in [0.15, 0.2) is 60.8 Å². The molecule has 3 N–H and O–H groups in total. The molecule has 0 amide bonds. The van der Waals surface area contributed by atoms with Gasteiger partial charge in [-0.25, -0.2) is 9.97 Å². The van der Waals surface area contributed by atoms with E-state index < -0.39 is 0 Å². The van der Waals surface area contributed by atoms with Crippen molar-refractivity contribution in [3.8, 4) is 17.0 Å². The van der Waals surface area contributed by atoms with Gasteiger partial charge in [0.2, 0.25) is 5.95 Å². The largest absolute Gasteiger partial charge is 0.508 e. The Morgan fingerprint density at radius 1 is 1.12 bits per heavy atom. The van der Waals surface area contributed by atoms with E-state index in [-0.39, 0.29) is 5.75 Å². The van der Waals surface area contributed by atoms with E-state index in [2.05, 4.69) is 58.6 Å². The van der Waals surface area contributed by atoms with Gasteiger partial charge < -0.3 is 15.7 Å². The number of phenolic OH excluding ortho intramolecular Hbond substituents is 1. The van der Waals surface area contributed by atoms with Gasteiger partial charge in [0.15, 0.2) is 0 Å². The second kappa shape index (κ2) is 11.3. The lowest BCUT2D eigenvalue weighted by Crippen LogP contribution is -2.50. The fourth-order valence-corrected chi connectivity index (χ4v) is 4.44. The first kappa shape index (κ1) is 23.2. The van der Waals surface area contributed by atoms with Crippen LogP contribution >= 0.6 is 0 Å². The highest BCUT2D eigenvalue weighted by Gasteiger charge is 2.20. The average molecular weight is 446 g/mol. The van der Waals surface area contributed by atoms with Gasteiger partial charge in [0.1, 0.15) is 5.75 Å². The van der Waals surface area contributed by atoms with Gasteiger partial charge in [-0.05, 0) is 54.2 Å². The maximum Gasteiger partial charge on any atom is 0.223 e. The van der Waals surface area contributed by atoms with Gasteiger partial charge in [0.05, 0.1) is 5.69 Å². The number of rotatable bonds is 9. The molecule has 3 aromatic rings. The van der Waals surface area contributed by atoms with Crippen molar-refractivity contribution in [2.24, 2.45) is 5.92 Å². The molecule has 33 heavy (non-hydrogen) atoms. The van der Waals surface area contributed by atoms with E-state index >= 15 is 0 Å². The van der Waals surface area contributed by atoms with Crippen molar-refractivity contribution in [2.45, 2.75) is 39.3 Å². The Hall–Kier alpha value is -2.96. The number of hydrogen-bond acceptors (Lipinski definition) is 6. The lowest BCUT2D eigenvalue weighted by Gasteiger charge is -2.34. The zero-order valence-corrected chi connectivity index (χ0v) is 19.7. The number of nitrogens with one attached hydrogen (secondary N) is 2. The van der Waals surface area contributed by atoms with E-state index in [9.17, 15) is 5.11 Å². The number of aromatic nitrogens is 2. The standard InChI is InChI=1S/C27H35N5O/c1-20(2)16-24-19-32(15-14-28-24)18-22-4-3-5-23(17-22)26-11-13-30-27(31-26)29-12-10-21-6-8-25(33)9-7-21/h3-9,11,13,17,20,24,28,33H,10,12,14-16,18-19H2,1-2H3,(H,29,30,31). The fourth-order valence-electron chi connectivity index (χ4n) is 4.44. The first-order chi connectivity index (χ1) is 16.0. The maximum absolute atomic E-state index is 9.41. The quantitative estimate of drug-likeness (QED) is 0.455. The smallest absolute Gasteiger partial charge is 0.223 e. The van der Waals surface area contributed by atoms with Crippen molar-refractivity contribution in [1.29, 1.82) is 0 Å². The lowest BCUT2D eigenvalue weighted by molar-refractivity contribution is 0.180. The van der Waals surface area contributed by atoms with E-state index in [1.54, 1.807) is 12.1 Å². The predicted molar refractivity (Wildman–Crippen MR) is 134 cm³/mol. The summed E-state index contributed by atoms with van der Waals surface area (Å²) < 4.78 is 0. The molecule has 1 atom stereocenters. The summed E-state index contributed by atoms with van der Waals surface area (Å²) in [4.78, 5) is 11.7. The van der Waals surface area contributed by atoms with Crippen LogP contribution in [0.5, 0.6) is 5.75 Å². The van der Waals surface area contributed by atoms with Crippen LogP contribution in [0.3, 0.4) is 0 Å². The summed E-state index contributed by atoms with van der Waals surface area (Å²) in [5, 5.41) is 16.4. The molecule has 1 fully saturated rings. The highest BCUT2D eigenvalue weighted by molar-refractivity contribution is 5.61. The van der Waals surface area contributed by atoms with Gasteiger partial charge >= 0.3 is 0 Å². The van der Waals surface area contributed by atoms with Gasteiger partial charge in [0.25, 0.3) is 0 Å². The third-order valence-electron chi connectivity index (χ3n) is 6.01. The summed E-state index contributed by atoms with van der Waals surface area (Å²) >= 11 is 0. The van der Waals surface area contributed by atoms with Gasteiger partial charge in [-0.2, -0.15) is 0 Å². The Morgan fingerprint density at radius 3 is 2.79 bits per heavy atom. The Bertz CT molecular complexity index is 1020. The van der Waals surface area contributed by atoms with Crippen molar-refractivity contribution in [3.63, 3.8) is 0 Å². The highest BCUT2D eigenvalue weighted by atomic mass is 16.3. The number of piperazine rings is 1. The summed E-state index contributed by atoms with van der Waals surface area (Å²) in [6.45, 7) is 9.53. The molecule has 1 aromatic heterocycles. The molecule has 6 nitrogen and oxygen atoms in total. The minimum Gasteiger partial charge on any atom is -0.508 e. The molecule has 0 spiro atoms. The van der Waals surface area contributed by atoms with Crippen LogP contribution in [0.4, 0.5) is 5.95 Å². The normalized spacial score (nSPS) is 16.8. The van der Waals surface area contributed by atoms with Gasteiger partial charge in [0, 0.05) is 50.5 Å². The third-order valence-corrected chi connectivity index (χ3v) is 6.01. The average Bonchev–Trinajstić information content (AvgIpc) is 2.81. The number of hydrogen-bond donors (Lipinski definition) is 3. The van der Waals surface area contributed by atoms with E-state index in [0.29, 0.717) is 17.9 Å². The van der Waals surface area contributed by atoms with Crippen molar-refractivity contribution < 1.29 is 5.11 Å². The minimum atomic E-state index is 0.289. The number of phenols is 1. The Balaban J connectivity index is 1.36. The Morgan fingerprint density at radius 2 is 1.97 bits per heavy atom. The van der Waals surface area contributed by atoms with Crippen LogP contribution < -0.4 is 10.6 Å². The molecule has 4 rings (SSSR count). The lowest BCUT2D eigenvalue weighted by atomic mass is 10.0. The SMILES string of the molecule is CC(C)CC1CN(Cc2cccc(-c3ccnc(NCCc4ccc(O)cc4)n3)c2)CCN1. The molecule has 174 valence electrons. The molecule has 0 aliphatic carbocycles. The zero-order valence-electron chi connectivity index (χ0n) is 19.7. The summed E-state index contributed by atoms with van der Waals surface area (Å²) in [6.07, 6.45) is 3.87. The summed E-state index contributed by atoms with van der Waals surface area (Å²) in [6, 6.07) is 18.5. The molecule has 0 saturated carbocycles. The first-order valence-electron chi connectivity index (χ1n) is 11.9. The van der Waals surface area contributed by atoms with Crippen LogP contribution in [-0.2, 0) is 13.0 Å². The molecule has 2 aromatic carbocycles. The molecule has 2 heterocycles.